The molecule has 0 unspecified atom stereocenters. The van der Waals surface area contributed by atoms with E-state index >= 15 is 0 Å². The molecule has 0 bridgehead atoms. The Balaban J connectivity index is 1.28. The zero-order chi connectivity index (χ0) is 21.2. The van der Waals surface area contributed by atoms with Crippen LogP contribution in [0, 0.1) is 5.92 Å². The summed E-state index contributed by atoms with van der Waals surface area (Å²) in [6, 6.07) is 12.0. The lowest BCUT2D eigenvalue weighted by atomic mass is 9.94. The summed E-state index contributed by atoms with van der Waals surface area (Å²) in [4.78, 5) is 27.9. The highest BCUT2D eigenvalue weighted by atomic mass is 32.1. The number of piperidine rings is 2. The predicted octanol–water partition coefficient (Wildman–Crippen LogP) is 4.60. The molecule has 0 spiro atoms. The highest BCUT2D eigenvalue weighted by Gasteiger charge is 2.30. The normalized spacial score (nSPS) is 17.8. The Morgan fingerprint density at radius 3 is 2.61 bits per heavy atom. The van der Waals surface area contributed by atoms with Crippen molar-refractivity contribution in [3.05, 3.63) is 36.4 Å². The van der Waals surface area contributed by atoms with E-state index in [4.69, 9.17) is 14.7 Å². The summed E-state index contributed by atoms with van der Waals surface area (Å²) in [6.45, 7) is 3.65. The number of ether oxygens (including phenoxy) is 1. The standard InChI is InChI=1S/C24H28N4O2S/c1-30-19-7-5-6-18(16-19)20-8-9-21-22(25-20)31-24(26-21)28-14-10-17(11-15-28)23(29)27-12-3-2-4-13-27/h5-9,16-17H,2-4,10-15H2,1H3. The largest absolute Gasteiger partial charge is 0.497 e. The van der Waals surface area contributed by atoms with Gasteiger partial charge in [0, 0.05) is 37.7 Å². The van der Waals surface area contributed by atoms with Gasteiger partial charge >= 0.3 is 0 Å². The second-order valence-corrected chi connectivity index (χ2v) is 9.35. The van der Waals surface area contributed by atoms with Crippen molar-refractivity contribution in [2.45, 2.75) is 32.1 Å². The van der Waals surface area contributed by atoms with Crippen LogP contribution < -0.4 is 9.64 Å². The molecule has 2 fully saturated rings. The van der Waals surface area contributed by atoms with Gasteiger partial charge < -0.3 is 14.5 Å². The van der Waals surface area contributed by atoms with Crippen molar-refractivity contribution in [3.63, 3.8) is 0 Å². The maximum absolute atomic E-state index is 12.8. The molecule has 0 radical (unpaired) electrons. The number of carbonyl (C=O) groups is 1. The summed E-state index contributed by atoms with van der Waals surface area (Å²) in [5.41, 5.74) is 2.89. The summed E-state index contributed by atoms with van der Waals surface area (Å²) in [7, 11) is 1.68. The number of methoxy groups -OCH3 is 1. The first-order chi connectivity index (χ1) is 15.2. The van der Waals surface area contributed by atoms with Gasteiger partial charge in [-0.15, -0.1) is 0 Å². The van der Waals surface area contributed by atoms with Gasteiger partial charge in [0.1, 0.15) is 16.1 Å². The number of pyridine rings is 1. The van der Waals surface area contributed by atoms with E-state index < -0.39 is 0 Å². The van der Waals surface area contributed by atoms with E-state index in [9.17, 15) is 4.79 Å². The lowest BCUT2D eigenvalue weighted by molar-refractivity contribution is -0.137. The van der Waals surface area contributed by atoms with Crippen molar-refractivity contribution in [3.8, 4) is 17.0 Å². The smallest absolute Gasteiger partial charge is 0.225 e. The Hall–Kier alpha value is -2.67. The summed E-state index contributed by atoms with van der Waals surface area (Å²) >= 11 is 1.64. The van der Waals surface area contributed by atoms with Gasteiger partial charge in [0.25, 0.3) is 0 Å². The van der Waals surface area contributed by atoms with Crippen LogP contribution in [-0.4, -0.2) is 54.1 Å². The van der Waals surface area contributed by atoms with E-state index in [0.29, 0.717) is 5.91 Å². The molecule has 0 atom stereocenters. The molecule has 2 aliphatic heterocycles. The van der Waals surface area contributed by atoms with Gasteiger partial charge in [-0.1, -0.05) is 23.5 Å². The molecule has 31 heavy (non-hydrogen) atoms. The summed E-state index contributed by atoms with van der Waals surface area (Å²) in [5, 5.41) is 1.01. The maximum atomic E-state index is 12.8. The molecule has 3 aromatic rings. The number of fused-ring (bicyclic) bond motifs is 1. The number of aromatic nitrogens is 2. The average molecular weight is 437 g/mol. The van der Waals surface area contributed by atoms with Crippen LogP contribution in [0.25, 0.3) is 21.6 Å². The highest BCUT2D eigenvalue weighted by Crippen LogP contribution is 2.33. The molecular weight excluding hydrogens is 408 g/mol. The fraction of sp³-hybridized carbons (Fsp3) is 0.458. The maximum Gasteiger partial charge on any atom is 0.225 e. The average Bonchev–Trinajstić information content (AvgIpc) is 3.28. The van der Waals surface area contributed by atoms with Gasteiger partial charge in [-0.3, -0.25) is 4.79 Å². The molecule has 6 nitrogen and oxygen atoms in total. The number of benzene rings is 1. The minimum Gasteiger partial charge on any atom is -0.497 e. The first-order valence-electron chi connectivity index (χ1n) is 11.2. The van der Waals surface area contributed by atoms with E-state index in [1.165, 1.54) is 6.42 Å². The fourth-order valence-corrected chi connectivity index (χ4v) is 5.57. The van der Waals surface area contributed by atoms with Crippen LogP contribution in [0.15, 0.2) is 36.4 Å². The summed E-state index contributed by atoms with van der Waals surface area (Å²) < 4.78 is 5.34. The Labute approximate surface area is 186 Å². The molecule has 7 heteroatoms. The molecule has 0 saturated carbocycles. The van der Waals surface area contributed by atoms with Crippen molar-refractivity contribution in [1.82, 2.24) is 14.9 Å². The molecule has 4 heterocycles. The molecule has 5 rings (SSSR count). The third kappa shape index (κ3) is 4.24. The van der Waals surface area contributed by atoms with E-state index in [0.717, 1.165) is 84.3 Å². The van der Waals surface area contributed by atoms with Crippen LogP contribution in [0.3, 0.4) is 0 Å². The molecule has 2 aliphatic rings. The van der Waals surface area contributed by atoms with Crippen molar-refractivity contribution < 1.29 is 9.53 Å². The number of nitrogens with zero attached hydrogens (tertiary/aromatic N) is 4. The van der Waals surface area contributed by atoms with Crippen molar-refractivity contribution in [2.24, 2.45) is 5.92 Å². The summed E-state index contributed by atoms with van der Waals surface area (Å²) in [6.07, 6.45) is 5.39. The number of thiazole rings is 1. The van der Waals surface area contributed by atoms with Gasteiger partial charge in [-0.25, -0.2) is 9.97 Å². The SMILES string of the molecule is COc1cccc(-c2ccc3nc(N4CCC(C(=O)N5CCCCC5)CC4)sc3n2)c1. The van der Waals surface area contributed by atoms with Crippen LogP contribution in [0.1, 0.15) is 32.1 Å². The Morgan fingerprint density at radius 1 is 1.03 bits per heavy atom. The third-order valence-corrected chi connectivity index (χ3v) is 7.42. The first kappa shape index (κ1) is 20.2. The zero-order valence-corrected chi connectivity index (χ0v) is 18.7. The Kier molecular flexibility index (Phi) is 5.76. The molecule has 0 N–H and O–H groups in total. The first-order valence-corrected chi connectivity index (χ1v) is 12.0. The van der Waals surface area contributed by atoms with Crippen molar-refractivity contribution in [1.29, 1.82) is 0 Å². The number of amides is 1. The van der Waals surface area contributed by atoms with Gasteiger partial charge in [0.15, 0.2) is 5.13 Å². The van der Waals surface area contributed by atoms with Crippen molar-refractivity contribution >= 4 is 32.7 Å². The van der Waals surface area contributed by atoms with E-state index in [1.54, 1.807) is 18.4 Å². The highest BCUT2D eigenvalue weighted by molar-refractivity contribution is 7.21. The minimum atomic E-state index is 0.168. The molecule has 1 amide bonds. The second kappa shape index (κ2) is 8.83. The van der Waals surface area contributed by atoms with E-state index in [2.05, 4.69) is 9.80 Å². The Morgan fingerprint density at radius 2 is 1.84 bits per heavy atom. The van der Waals surface area contributed by atoms with Gasteiger partial charge in [0.05, 0.1) is 12.8 Å². The lowest BCUT2D eigenvalue weighted by Gasteiger charge is -2.35. The number of hydrogen-bond donors (Lipinski definition) is 0. The van der Waals surface area contributed by atoms with E-state index in [-0.39, 0.29) is 5.92 Å². The van der Waals surface area contributed by atoms with Crippen LogP contribution >= 0.6 is 11.3 Å². The number of hydrogen-bond acceptors (Lipinski definition) is 6. The molecule has 2 saturated heterocycles. The van der Waals surface area contributed by atoms with E-state index in [1.807, 2.05) is 36.4 Å². The van der Waals surface area contributed by atoms with Crippen LogP contribution in [0.5, 0.6) is 5.75 Å². The number of rotatable bonds is 4. The quantitative estimate of drug-likeness (QED) is 0.598. The number of likely N-dealkylation sites (tertiary alicyclic amines) is 1. The molecule has 0 aliphatic carbocycles. The molecule has 162 valence electrons. The zero-order valence-electron chi connectivity index (χ0n) is 17.9. The monoisotopic (exact) mass is 436 g/mol. The van der Waals surface area contributed by atoms with Crippen LogP contribution in [0.2, 0.25) is 0 Å². The van der Waals surface area contributed by atoms with Crippen LogP contribution in [0.4, 0.5) is 5.13 Å². The van der Waals surface area contributed by atoms with Gasteiger partial charge in [0.2, 0.25) is 5.91 Å². The van der Waals surface area contributed by atoms with Crippen molar-refractivity contribution in [2.75, 3.05) is 38.2 Å². The Bertz CT molecular complexity index is 1070. The van der Waals surface area contributed by atoms with Gasteiger partial charge in [-0.05, 0) is 56.4 Å². The predicted molar refractivity (Wildman–Crippen MR) is 125 cm³/mol. The topological polar surface area (TPSA) is 58.6 Å². The minimum absolute atomic E-state index is 0.168. The molecule has 2 aromatic heterocycles. The third-order valence-electron chi connectivity index (χ3n) is 6.39. The lowest BCUT2D eigenvalue weighted by Crippen LogP contribution is -2.44. The molecule has 1 aromatic carbocycles. The van der Waals surface area contributed by atoms with Crippen LogP contribution in [-0.2, 0) is 4.79 Å². The number of carbonyl (C=O) groups excluding carboxylic acids is 1. The summed E-state index contributed by atoms with van der Waals surface area (Å²) in [5.74, 6) is 1.36. The van der Waals surface area contributed by atoms with Gasteiger partial charge in [-0.2, -0.15) is 0 Å². The molecular formula is C24H28N4O2S. The fourth-order valence-electron chi connectivity index (χ4n) is 4.57. The second-order valence-electron chi connectivity index (χ2n) is 8.40. The number of anilines is 1.